The van der Waals surface area contributed by atoms with E-state index in [0.717, 1.165) is 12.4 Å². The van der Waals surface area contributed by atoms with Crippen molar-refractivity contribution in [2.45, 2.75) is 33.4 Å². The predicted molar refractivity (Wildman–Crippen MR) is 57.0 cm³/mol. The van der Waals surface area contributed by atoms with Gasteiger partial charge >= 0.3 is 0 Å². The molecule has 82 valence electrons. The molecule has 1 aromatic rings. The van der Waals surface area contributed by atoms with Crippen molar-refractivity contribution in [3.8, 4) is 6.07 Å². The average molecular weight is 207 g/mol. The summed E-state index contributed by atoms with van der Waals surface area (Å²) in [6.45, 7) is 8.13. The molecular formula is C10H17N5. The van der Waals surface area contributed by atoms with Crippen LogP contribution in [-0.4, -0.2) is 32.8 Å². The van der Waals surface area contributed by atoms with Gasteiger partial charge in [-0.05, 0) is 20.4 Å². The Labute approximate surface area is 90.3 Å². The zero-order valence-corrected chi connectivity index (χ0v) is 9.51. The van der Waals surface area contributed by atoms with Crippen molar-refractivity contribution < 1.29 is 0 Å². The van der Waals surface area contributed by atoms with Crippen molar-refractivity contribution in [1.82, 2.24) is 19.7 Å². The molecule has 0 bridgehead atoms. The number of hydrogen-bond acceptors (Lipinski definition) is 4. The van der Waals surface area contributed by atoms with Crippen LogP contribution in [0.3, 0.4) is 0 Å². The monoisotopic (exact) mass is 207 g/mol. The summed E-state index contributed by atoms with van der Waals surface area (Å²) in [4.78, 5) is 6.24. The molecule has 0 saturated carbocycles. The Morgan fingerprint density at radius 2 is 2.33 bits per heavy atom. The van der Waals surface area contributed by atoms with Crippen LogP contribution in [-0.2, 0) is 6.54 Å². The van der Waals surface area contributed by atoms with Gasteiger partial charge in [-0.25, -0.2) is 9.67 Å². The highest BCUT2D eigenvalue weighted by molar-refractivity contribution is 4.88. The molecule has 0 spiro atoms. The lowest BCUT2D eigenvalue weighted by atomic mass is 10.4. The first-order valence-corrected chi connectivity index (χ1v) is 5.16. The van der Waals surface area contributed by atoms with Crippen LogP contribution in [0.4, 0.5) is 0 Å². The van der Waals surface area contributed by atoms with E-state index in [2.05, 4.69) is 30.0 Å². The van der Waals surface area contributed by atoms with Crippen molar-refractivity contribution in [2.24, 2.45) is 0 Å². The normalized spacial score (nSPS) is 10.9. The van der Waals surface area contributed by atoms with Gasteiger partial charge in [0, 0.05) is 6.04 Å². The first-order valence-electron chi connectivity index (χ1n) is 5.16. The van der Waals surface area contributed by atoms with Crippen molar-refractivity contribution in [2.75, 3.05) is 13.1 Å². The fourth-order valence-electron chi connectivity index (χ4n) is 1.40. The molecule has 15 heavy (non-hydrogen) atoms. The predicted octanol–water partition coefficient (Wildman–Crippen LogP) is 1.20. The zero-order valence-electron chi connectivity index (χ0n) is 9.51. The van der Waals surface area contributed by atoms with Gasteiger partial charge in [0.25, 0.3) is 0 Å². The highest BCUT2D eigenvalue weighted by Gasteiger charge is 2.10. The molecule has 0 aromatic carbocycles. The molecule has 0 aliphatic rings. The number of nitrogens with zero attached hydrogens (tertiary/aromatic N) is 5. The van der Waals surface area contributed by atoms with Gasteiger partial charge in [-0.15, -0.1) is 0 Å². The van der Waals surface area contributed by atoms with Crippen LogP contribution < -0.4 is 0 Å². The van der Waals surface area contributed by atoms with Crippen LogP contribution in [0.1, 0.15) is 32.6 Å². The molecule has 1 heterocycles. The van der Waals surface area contributed by atoms with Crippen molar-refractivity contribution in [3.63, 3.8) is 0 Å². The summed E-state index contributed by atoms with van der Waals surface area (Å²) in [5.41, 5.74) is 0. The molecule has 0 aliphatic carbocycles. The highest BCUT2D eigenvalue weighted by Crippen LogP contribution is 2.07. The number of nitriles is 1. The summed E-state index contributed by atoms with van der Waals surface area (Å²) in [5, 5.41) is 12.8. The SMILES string of the molecule is CCN(CC#N)Cc1ncnn1C(C)C. The molecule has 5 nitrogen and oxygen atoms in total. The lowest BCUT2D eigenvalue weighted by molar-refractivity contribution is 0.295. The van der Waals surface area contributed by atoms with E-state index in [-0.39, 0.29) is 0 Å². The molecule has 0 saturated heterocycles. The van der Waals surface area contributed by atoms with Crippen LogP contribution >= 0.6 is 0 Å². The minimum absolute atomic E-state index is 0.309. The third kappa shape index (κ3) is 3.03. The van der Waals surface area contributed by atoms with Crippen LogP contribution in [0.2, 0.25) is 0 Å². The van der Waals surface area contributed by atoms with E-state index >= 15 is 0 Å². The standard InChI is InChI=1S/C10H17N5/c1-4-14(6-5-11)7-10-12-8-13-15(10)9(2)3/h8-9H,4,6-7H2,1-3H3. The Balaban J connectivity index is 2.71. The molecule has 0 N–H and O–H groups in total. The second-order valence-corrected chi connectivity index (χ2v) is 3.68. The van der Waals surface area contributed by atoms with Crippen LogP contribution in [0.5, 0.6) is 0 Å². The molecule has 0 unspecified atom stereocenters. The van der Waals surface area contributed by atoms with Gasteiger partial charge in [-0.1, -0.05) is 6.92 Å². The third-order valence-corrected chi connectivity index (χ3v) is 2.24. The molecule has 0 radical (unpaired) electrons. The Hall–Kier alpha value is -1.41. The van der Waals surface area contributed by atoms with E-state index in [1.54, 1.807) is 6.33 Å². The van der Waals surface area contributed by atoms with Crippen molar-refractivity contribution >= 4 is 0 Å². The topological polar surface area (TPSA) is 57.7 Å². The molecule has 1 rings (SSSR count). The van der Waals surface area contributed by atoms with Gasteiger partial charge in [-0.3, -0.25) is 4.90 Å². The minimum atomic E-state index is 0.309. The largest absolute Gasteiger partial charge is 0.283 e. The minimum Gasteiger partial charge on any atom is -0.283 e. The number of rotatable bonds is 5. The maximum absolute atomic E-state index is 8.64. The maximum Gasteiger partial charge on any atom is 0.141 e. The van der Waals surface area contributed by atoms with Gasteiger partial charge in [-0.2, -0.15) is 10.4 Å². The van der Waals surface area contributed by atoms with Crippen LogP contribution in [0, 0.1) is 11.3 Å². The Kier molecular flexibility index (Phi) is 4.25. The molecular weight excluding hydrogens is 190 g/mol. The molecule has 0 amide bonds. The van der Waals surface area contributed by atoms with Gasteiger partial charge in [0.1, 0.15) is 12.2 Å². The fraction of sp³-hybridized carbons (Fsp3) is 0.700. The maximum atomic E-state index is 8.64. The van der Waals surface area contributed by atoms with Crippen molar-refractivity contribution in [3.05, 3.63) is 12.2 Å². The molecule has 1 aromatic heterocycles. The summed E-state index contributed by atoms with van der Waals surface area (Å²) in [5.74, 6) is 0.919. The van der Waals surface area contributed by atoms with Gasteiger partial charge in [0.05, 0.1) is 19.2 Å². The summed E-state index contributed by atoms with van der Waals surface area (Å²) >= 11 is 0. The number of aromatic nitrogens is 3. The molecule has 0 aliphatic heterocycles. The Morgan fingerprint density at radius 1 is 1.60 bits per heavy atom. The van der Waals surface area contributed by atoms with E-state index in [1.807, 2.05) is 16.5 Å². The molecule has 5 heteroatoms. The summed E-state index contributed by atoms with van der Waals surface area (Å²) < 4.78 is 1.89. The second-order valence-electron chi connectivity index (χ2n) is 3.68. The lowest BCUT2D eigenvalue weighted by Gasteiger charge is -2.17. The Morgan fingerprint density at radius 3 is 2.87 bits per heavy atom. The van der Waals surface area contributed by atoms with E-state index in [0.29, 0.717) is 19.1 Å². The first-order chi connectivity index (χ1) is 7.19. The molecule has 0 atom stereocenters. The Bertz CT molecular complexity index is 336. The van der Waals surface area contributed by atoms with Gasteiger partial charge in [0.2, 0.25) is 0 Å². The fourth-order valence-corrected chi connectivity index (χ4v) is 1.40. The van der Waals surface area contributed by atoms with Gasteiger partial charge in [0.15, 0.2) is 0 Å². The summed E-state index contributed by atoms with van der Waals surface area (Å²) in [6.07, 6.45) is 1.57. The van der Waals surface area contributed by atoms with Crippen LogP contribution in [0.25, 0.3) is 0 Å². The summed E-state index contributed by atoms with van der Waals surface area (Å²) in [6, 6.07) is 2.46. The average Bonchev–Trinajstić information content (AvgIpc) is 2.65. The second kappa shape index (κ2) is 5.47. The van der Waals surface area contributed by atoms with E-state index in [4.69, 9.17) is 5.26 Å². The van der Waals surface area contributed by atoms with E-state index in [9.17, 15) is 0 Å². The lowest BCUT2D eigenvalue weighted by Crippen LogP contribution is -2.25. The smallest absolute Gasteiger partial charge is 0.141 e. The highest BCUT2D eigenvalue weighted by atomic mass is 15.4. The number of hydrogen-bond donors (Lipinski definition) is 0. The zero-order chi connectivity index (χ0) is 11.3. The van der Waals surface area contributed by atoms with E-state index in [1.165, 1.54) is 0 Å². The third-order valence-electron chi connectivity index (χ3n) is 2.24. The van der Waals surface area contributed by atoms with E-state index < -0.39 is 0 Å². The van der Waals surface area contributed by atoms with Crippen LogP contribution in [0.15, 0.2) is 6.33 Å². The van der Waals surface area contributed by atoms with Crippen molar-refractivity contribution in [1.29, 1.82) is 5.26 Å². The molecule has 0 fully saturated rings. The van der Waals surface area contributed by atoms with Gasteiger partial charge < -0.3 is 0 Å². The summed E-state index contributed by atoms with van der Waals surface area (Å²) in [7, 11) is 0. The first kappa shape index (κ1) is 11.7. The quantitative estimate of drug-likeness (QED) is 0.681.